The number of aryl methyl sites for hydroxylation is 1. The van der Waals surface area contributed by atoms with Gasteiger partial charge in [-0.25, -0.2) is 4.98 Å². The standard InChI is InChI=1S/C16H21NO2S/c1-5-8-12-14(16(2,3)18)20-15(17-12)11-9-6-7-10-13(11)19-4/h6-7,9-10,18H,5,8H2,1-4H3. The molecule has 1 aromatic heterocycles. The van der Waals surface area contributed by atoms with Gasteiger partial charge in [0, 0.05) is 0 Å². The Labute approximate surface area is 124 Å². The third-order valence-corrected chi connectivity index (χ3v) is 4.52. The van der Waals surface area contributed by atoms with Crippen LogP contribution in [0, 0.1) is 0 Å². The van der Waals surface area contributed by atoms with Gasteiger partial charge in [-0.05, 0) is 32.4 Å². The van der Waals surface area contributed by atoms with Crippen molar-refractivity contribution in [1.82, 2.24) is 4.98 Å². The van der Waals surface area contributed by atoms with Gasteiger partial charge in [-0.15, -0.1) is 11.3 Å². The van der Waals surface area contributed by atoms with Crippen LogP contribution >= 0.6 is 11.3 Å². The van der Waals surface area contributed by atoms with Crippen LogP contribution in [0.3, 0.4) is 0 Å². The van der Waals surface area contributed by atoms with Gasteiger partial charge in [0.2, 0.25) is 0 Å². The van der Waals surface area contributed by atoms with Crippen molar-refractivity contribution in [1.29, 1.82) is 0 Å². The molecule has 0 saturated heterocycles. The molecule has 1 aromatic carbocycles. The summed E-state index contributed by atoms with van der Waals surface area (Å²) >= 11 is 1.55. The molecule has 0 spiro atoms. The van der Waals surface area contributed by atoms with Gasteiger partial charge < -0.3 is 9.84 Å². The zero-order chi connectivity index (χ0) is 14.8. The molecule has 0 radical (unpaired) electrons. The molecule has 2 rings (SSSR count). The van der Waals surface area contributed by atoms with Crippen molar-refractivity contribution in [2.75, 3.05) is 7.11 Å². The number of aliphatic hydroxyl groups is 1. The average molecular weight is 291 g/mol. The number of benzene rings is 1. The summed E-state index contributed by atoms with van der Waals surface area (Å²) in [4.78, 5) is 5.67. The molecule has 2 aromatic rings. The highest BCUT2D eigenvalue weighted by Gasteiger charge is 2.25. The number of ether oxygens (including phenoxy) is 1. The van der Waals surface area contributed by atoms with Crippen LogP contribution in [-0.4, -0.2) is 17.2 Å². The first-order chi connectivity index (χ1) is 9.47. The molecule has 0 aliphatic heterocycles. The lowest BCUT2D eigenvalue weighted by atomic mass is 10.0. The summed E-state index contributed by atoms with van der Waals surface area (Å²) in [5.41, 5.74) is 1.11. The van der Waals surface area contributed by atoms with E-state index in [-0.39, 0.29) is 0 Å². The van der Waals surface area contributed by atoms with Gasteiger partial charge in [-0.2, -0.15) is 0 Å². The van der Waals surface area contributed by atoms with E-state index in [2.05, 4.69) is 6.92 Å². The van der Waals surface area contributed by atoms with Crippen LogP contribution in [-0.2, 0) is 12.0 Å². The minimum atomic E-state index is -0.859. The molecule has 1 heterocycles. The average Bonchev–Trinajstić information content (AvgIpc) is 2.83. The zero-order valence-corrected chi connectivity index (χ0v) is 13.3. The Morgan fingerprint density at radius 1 is 1.30 bits per heavy atom. The second-order valence-corrected chi connectivity index (χ2v) is 6.30. The summed E-state index contributed by atoms with van der Waals surface area (Å²) in [6.45, 7) is 5.74. The summed E-state index contributed by atoms with van der Waals surface area (Å²) in [5, 5.41) is 11.2. The van der Waals surface area contributed by atoms with Crippen molar-refractivity contribution in [3.8, 4) is 16.3 Å². The van der Waals surface area contributed by atoms with E-state index in [9.17, 15) is 5.11 Å². The Kier molecular flexibility index (Phi) is 4.45. The Bertz CT molecular complexity index is 584. The fourth-order valence-electron chi connectivity index (χ4n) is 2.17. The second-order valence-electron chi connectivity index (χ2n) is 5.30. The van der Waals surface area contributed by atoms with Crippen LogP contribution < -0.4 is 4.74 Å². The van der Waals surface area contributed by atoms with Gasteiger partial charge >= 0.3 is 0 Å². The maximum Gasteiger partial charge on any atom is 0.129 e. The van der Waals surface area contributed by atoms with Crippen LogP contribution in [0.25, 0.3) is 10.6 Å². The summed E-state index contributed by atoms with van der Waals surface area (Å²) in [5.74, 6) is 0.812. The largest absolute Gasteiger partial charge is 0.496 e. The number of methoxy groups -OCH3 is 1. The van der Waals surface area contributed by atoms with Gasteiger partial charge in [0.25, 0.3) is 0 Å². The maximum atomic E-state index is 10.3. The van der Waals surface area contributed by atoms with Crippen molar-refractivity contribution in [3.05, 3.63) is 34.8 Å². The van der Waals surface area contributed by atoms with Gasteiger partial charge in [0.15, 0.2) is 0 Å². The first-order valence-electron chi connectivity index (χ1n) is 6.83. The lowest BCUT2D eigenvalue weighted by Crippen LogP contribution is -2.15. The quantitative estimate of drug-likeness (QED) is 0.905. The van der Waals surface area contributed by atoms with E-state index >= 15 is 0 Å². The van der Waals surface area contributed by atoms with E-state index in [0.29, 0.717) is 0 Å². The molecular formula is C16H21NO2S. The van der Waals surface area contributed by atoms with Crippen LogP contribution in [0.15, 0.2) is 24.3 Å². The van der Waals surface area contributed by atoms with Gasteiger partial charge in [0.05, 0.1) is 28.8 Å². The molecule has 1 N–H and O–H groups in total. The predicted molar refractivity (Wildman–Crippen MR) is 83.3 cm³/mol. The molecule has 0 amide bonds. The summed E-state index contributed by atoms with van der Waals surface area (Å²) in [6, 6.07) is 7.85. The van der Waals surface area contributed by atoms with Gasteiger partial charge in [-0.1, -0.05) is 25.5 Å². The lowest BCUT2D eigenvalue weighted by molar-refractivity contribution is 0.0813. The van der Waals surface area contributed by atoms with E-state index in [1.165, 1.54) is 0 Å². The van der Waals surface area contributed by atoms with Gasteiger partial charge in [-0.3, -0.25) is 0 Å². The van der Waals surface area contributed by atoms with Crippen LogP contribution in [0.4, 0.5) is 0 Å². The number of para-hydroxylation sites is 1. The lowest BCUT2D eigenvalue weighted by Gasteiger charge is -2.16. The monoisotopic (exact) mass is 291 g/mol. The van der Waals surface area contributed by atoms with Crippen LogP contribution in [0.1, 0.15) is 37.8 Å². The first-order valence-corrected chi connectivity index (χ1v) is 7.65. The molecule has 20 heavy (non-hydrogen) atoms. The van der Waals surface area contributed by atoms with Crippen LogP contribution in [0.2, 0.25) is 0 Å². The number of rotatable bonds is 5. The van der Waals surface area contributed by atoms with E-state index in [1.54, 1.807) is 18.4 Å². The molecule has 108 valence electrons. The van der Waals surface area contributed by atoms with Crippen molar-refractivity contribution < 1.29 is 9.84 Å². The Balaban J connectivity index is 2.53. The fourth-order valence-corrected chi connectivity index (χ4v) is 3.32. The molecule has 0 unspecified atom stereocenters. The first kappa shape index (κ1) is 15.0. The van der Waals surface area contributed by atoms with E-state index in [1.807, 2.05) is 38.1 Å². The highest BCUT2D eigenvalue weighted by atomic mass is 32.1. The number of aromatic nitrogens is 1. The smallest absolute Gasteiger partial charge is 0.129 e. The molecule has 3 nitrogen and oxygen atoms in total. The minimum absolute atomic E-state index is 0.812. The molecule has 0 atom stereocenters. The molecule has 0 aliphatic carbocycles. The molecule has 0 bridgehead atoms. The van der Waals surface area contributed by atoms with Crippen molar-refractivity contribution >= 4 is 11.3 Å². The summed E-state index contributed by atoms with van der Waals surface area (Å²) < 4.78 is 5.40. The van der Waals surface area contributed by atoms with E-state index in [4.69, 9.17) is 9.72 Å². The Morgan fingerprint density at radius 2 is 2.00 bits per heavy atom. The molecule has 0 aliphatic rings. The van der Waals surface area contributed by atoms with Crippen molar-refractivity contribution in [3.63, 3.8) is 0 Å². The maximum absolute atomic E-state index is 10.3. The third-order valence-electron chi connectivity index (χ3n) is 3.08. The third kappa shape index (κ3) is 3.02. The SMILES string of the molecule is CCCc1nc(-c2ccccc2OC)sc1C(C)(C)O. The predicted octanol–water partition coefficient (Wildman–Crippen LogP) is 4.00. The zero-order valence-electron chi connectivity index (χ0n) is 12.4. The highest BCUT2D eigenvalue weighted by Crippen LogP contribution is 2.38. The highest BCUT2D eigenvalue weighted by molar-refractivity contribution is 7.15. The van der Waals surface area contributed by atoms with Crippen molar-refractivity contribution in [2.24, 2.45) is 0 Å². The molecule has 4 heteroatoms. The molecule has 0 saturated carbocycles. The van der Waals surface area contributed by atoms with Gasteiger partial charge in [0.1, 0.15) is 10.8 Å². The number of nitrogens with zero attached hydrogens (tertiary/aromatic N) is 1. The van der Waals surface area contributed by atoms with Crippen molar-refractivity contribution in [2.45, 2.75) is 39.2 Å². The second kappa shape index (κ2) is 5.94. The molecular weight excluding hydrogens is 270 g/mol. The Hall–Kier alpha value is -1.39. The number of hydrogen-bond acceptors (Lipinski definition) is 4. The topological polar surface area (TPSA) is 42.4 Å². The Morgan fingerprint density at radius 3 is 2.60 bits per heavy atom. The number of thiazole rings is 1. The van der Waals surface area contributed by atoms with E-state index < -0.39 is 5.60 Å². The normalized spacial score (nSPS) is 11.7. The molecule has 0 fully saturated rings. The van der Waals surface area contributed by atoms with E-state index in [0.717, 1.165) is 39.7 Å². The summed E-state index contributed by atoms with van der Waals surface area (Å²) in [7, 11) is 1.66. The van der Waals surface area contributed by atoms with Crippen LogP contribution in [0.5, 0.6) is 5.75 Å². The fraction of sp³-hybridized carbons (Fsp3) is 0.438. The minimum Gasteiger partial charge on any atom is -0.496 e. The summed E-state index contributed by atoms with van der Waals surface area (Å²) in [6.07, 6.45) is 1.89. The number of hydrogen-bond donors (Lipinski definition) is 1.